The van der Waals surface area contributed by atoms with Gasteiger partial charge in [0.1, 0.15) is 0 Å². The van der Waals surface area contributed by atoms with E-state index in [1.54, 1.807) is 0 Å². The van der Waals surface area contributed by atoms with Gasteiger partial charge in [-0.15, -0.1) is 19.7 Å². The van der Waals surface area contributed by atoms with Gasteiger partial charge < -0.3 is 14.2 Å². The molecule has 3 heteroatoms. The van der Waals surface area contributed by atoms with E-state index in [0.717, 1.165) is 57.8 Å². The van der Waals surface area contributed by atoms with E-state index in [2.05, 4.69) is 38.0 Å². The maximum absolute atomic E-state index is 6.03. The van der Waals surface area contributed by atoms with E-state index in [-0.39, 0.29) is 0 Å². The molecule has 0 saturated carbocycles. The molecule has 0 bridgehead atoms. The molecule has 0 aromatic rings. The van der Waals surface area contributed by atoms with Crippen molar-refractivity contribution in [1.29, 1.82) is 0 Å². The van der Waals surface area contributed by atoms with Gasteiger partial charge >= 0.3 is 0 Å². The molecule has 0 aromatic heterocycles. The zero-order valence-corrected chi connectivity index (χ0v) is 19.2. The molecular formula is C27H44O3. The largest absolute Gasteiger partial charge is 0.323 e. The number of hydrogen-bond acceptors (Lipinski definition) is 3. The summed E-state index contributed by atoms with van der Waals surface area (Å²) in [5.41, 5.74) is 0. The molecule has 0 aliphatic heterocycles. The van der Waals surface area contributed by atoms with Crippen molar-refractivity contribution in [3.8, 4) is 0 Å². The van der Waals surface area contributed by atoms with Crippen molar-refractivity contribution < 1.29 is 14.2 Å². The van der Waals surface area contributed by atoms with Crippen molar-refractivity contribution in [1.82, 2.24) is 0 Å². The summed E-state index contributed by atoms with van der Waals surface area (Å²) in [6.45, 7) is 14.7. The number of unbranched alkanes of at least 4 members (excludes halogenated alkanes) is 6. The summed E-state index contributed by atoms with van der Waals surface area (Å²) in [6.07, 6.45) is 28.5. The predicted molar refractivity (Wildman–Crippen MR) is 130 cm³/mol. The molecule has 0 unspecified atom stereocenters. The van der Waals surface area contributed by atoms with Gasteiger partial charge in [0.25, 0.3) is 5.97 Å². The number of ether oxygens (including phenoxy) is 3. The van der Waals surface area contributed by atoms with Gasteiger partial charge in [0.05, 0.1) is 19.8 Å². The van der Waals surface area contributed by atoms with Crippen LogP contribution in [0.1, 0.15) is 71.1 Å². The lowest BCUT2D eigenvalue weighted by Gasteiger charge is -2.31. The zero-order chi connectivity index (χ0) is 22.2. The summed E-state index contributed by atoms with van der Waals surface area (Å²) in [5.74, 6) is -1.03. The van der Waals surface area contributed by atoms with Crippen molar-refractivity contribution in [2.75, 3.05) is 19.8 Å². The first-order chi connectivity index (χ1) is 14.7. The lowest BCUT2D eigenvalue weighted by Crippen LogP contribution is -2.39. The molecule has 0 saturated heterocycles. The first-order valence-electron chi connectivity index (χ1n) is 11.4. The van der Waals surface area contributed by atoms with Crippen molar-refractivity contribution >= 4 is 0 Å². The summed E-state index contributed by atoms with van der Waals surface area (Å²) in [4.78, 5) is 0. The minimum atomic E-state index is -1.03. The van der Waals surface area contributed by atoms with E-state index in [1.807, 2.05) is 43.4 Å². The van der Waals surface area contributed by atoms with Crippen molar-refractivity contribution in [2.45, 2.75) is 77.1 Å². The Hall–Kier alpha value is -1.68. The first-order valence-corrected chi connectivity index (χ1v) is 11.4. The van der Waals surface area contributed by atoms with E-state index >= 15 is 0 Å². The molecule has 0 atom stereocenters. The monoisotopic (exact) mass is 416 g/mol. The van der Waals surface area contributed by atoms with Gasteiger partial charge in [-0.05, 0) is 57.8 Å². The second-order valence-corrected chi connectivity index (χ2v) is 7.04. The van der Waals surface area contributed by atoms with Crippen molar-refractivity contribution in [2.24, 2.45) is 0 Å². The maximum atomic E-state index is 6.03. The lowest BCUT2D eigenvalue weighted by molar-refractivity contribution is -0.371. The van der Waals surface area contributed by atoms with Crippen LogP contribution < -0.4 is 0 Å². The predicted octanol–water partition coefficient (Wildman–Crippen LogP) is 7.84. The Bertz CT molecular complexity index is 433. The average molecular weight is 417 g/mol. The van der Waals surface area contributed by atoms with Crippen molar-refractivity contribution in [3.05, 3.63) is 74.4 Å². The Morgan fingerprint density at radius 3 is 1.13 bits per heavy atom. The molecule has 0 aliphatic carbocycles. The molecule has 0 rings (SSSR count). The van der Waals surface area contributed by atoms with Crippen LogP contribution in [-0.4, -0.2) is 25.8 Å². The highest BCUT2D eigenvalue weighted by Crippen LogP contribution is 2.20. The molecule has 0 amide bonds. The SMILES string of the molecule is C=CCCCC=CCOC(CC)(OCC=CCCCC=C)OCC=CCCCC=C. The van der Waals surface area contributed by atoms with Gasteiger partial charge in [-0.2, -0.15) is 0 Å². The third-order valence-electron chi connectivity index (χ3n) is 4.47. The number of allylic oxidation sites excluding steroid dienone is 6. The molecule has 0 N–H and O–H groups in total. The molecule has 0 radical (unpaired) electrons. The minimum absolute atomic E-state index is 0.466. The molecule has 0 heterocycles. The van der Waals surface area contributed by atoms with Gasteiger partial charge in [0.15, 0.2) is 0 Å². The zero-order valence-electron chi connectivity index (χ0n) is 19.2. The highest BCUT2D eigenvalue weighted by Gasteiger charge is 2.30. The standard InChI is InChI=1S/C27H44O3/c1-5-9-12-15-18-21-24-28-27(8-4,29-25-22-19-16-13-10-6-2)30-26-23-20-17-14-11-7-3/h5-7,18-23H,1-3,8-17,24-26H2,4H3. The second-order valence-electron chi connectivity index (χ2n) is 7.04. The number of hydrogen-bond donors (Lipinski definition) is 0. The quantitative estimate of drug-likeness (QED) is 0.102. The second kappa shape index (κ2) is 22.0. The van der Waals surface area contributed by atoms with E-state index in [1.165, 1.54) is 0 Å². The van der Waals surface area contributed by atoms with Crippen LogP contribution in [0.3, 0.4) is 0 Å². The van der Waals surface area contributed by atoms with E-state index < -0.39 is 5.97 Å². The fourth-order valence-electron chi connectivity index (χ4n) is 2.65. The Balaban J connectivity index is 4.57. The van der Waals surface area contributed by atoms with Gasteiger partial charge in [-0.25, -0.2) is 0 Å². The van der Waals surface area contributed by atoms with Gasteiger partial charge in [0.2, 0.25) is 0 Å². The summed E-state index contributed by atoms with van der Waals surface area (Å²) in [5, 5.41) is 0. The van der Waals surface area contributed by atoms with E-state index in [4.69, 9.17) is 14.2 Å². The fraction of sp³-hybridized carbons (Fsp3) is 0.556. The van der Waals surface area contributed by atoms with Crippen LogP contribution >= 0.6 is 0 Å². The number of rotatable bonds is 22. The summed E-state index contributed by atoms with van der Waals surface area (Å²) in [7, 11) is 0. The molecule has 3 nitrogen and oxygen atoms in total. The lowest BCUT2D eigenvalue weighted by atomic mass is 10.2. The highest BCUT2D eigenvalue weighted by atomic mass is 16.9. The summed E-state index contributed by atoms with van der Waals surface area (Å²) in [6, 6.07) is 0. The van der Waals surface area contributed by atoms with Crippen LogP contribution in [0, 0.1) is 0 Å². The van der Waals surface area contributed by atoms with Gasteiger partial charge in [-0.3, -0.25) is 0 Å². The molecule has 0 spiro atoms. The van der Waals surface area contributed by atoms with E-state index in [0.29, 0.717) is 26.2 Å². The third-order valence-corrected chi connectivity index (χ3v) is 4.47. The smallest absolute Gasteiger partial charge is 0.283 e. The third kappa shape index (κ3) is 17.2. The Labute approximate surface area is 185 Å². The van der Waals surface area contributed by atoms with E-state index in [9.17, 15) is 0 Å². The molecule has 30 heavy (non-hydrogen) atoms. The van der Waals surface area contributed by atoms with Gasteiger partial charge in [-0.1, -0.05) is 61.6 Å². The van der Waals surface area contributed by atoms with Crippen LogP contribution in [0.25, 0.3) is 0 Å². The maximum Gasteiger partial charge on any atom is 0.283 e. The minimum Gasteiger partial charge on any atom is -0.323 e. The topological polar surface area (TPSA) is 27.7 Å². The van der Waals surface area contributed by atoms with Crippen LogP contribution in [-0.2, 0) is 14.2 Å². The Morgan fingerprint density at radius 1 is 0.533 bits per heavy atom. The summed E-state index contributed by atoms with van der Waals surface area (Å²) >= 11 is 0. The van der Waals surface area contributed by atoms with Crippen LogP contribution in [0.4, 0.5) is 0 Å². The molecule has 0 aliphatic rings. The summed E-state index contributed by atoms with van der Waals surface area (Å²) < 4.78 is 18.1. The van der Waals surface area contributed by atoms with Crippen LogP contribution in [0.2, 0.25) is 0 Å². The fourth-order valence-corrected chi connectivity index (χ4v) is 2.65. The first kappa shape index (κ1) is 28.3. The average Bonchev–Trinajstić information content (AvgIpc) is 2.76. The normalized spacial score (nSPS) is 13.9. The van der Waals surface area contributed by atoms with Crippen LogP contribution in [0.15, 0.2) is 74.4 Å². The molecule has 170 valence electrons. The molecular weight excluding hydrogens is 372 g/mol. The molecule has 0 aromatic carbocycles. The molecule has 0 fully saturated rings. The Kier molecular flexibility index (Phi) is 20.8. The Morgan fingerprint density at radius 2 is 0.867 bits per heavy atom. The highest BCUT2D eigenvalue weighted by molar-refractivity contribution is 4.86. The van der Waals surface area contributed by atoms with Gasteiger partial charge in [0, 0.05) is 6.42 Å². The van der Waals surface area contributed by atoms with Crippen LogP contribution in [0.5, 0.6) is 0 Å². The van der Waals surface area contributed by atoms with Crippen molar-refractivity contribution in [3.63, 3.8) is 0 Å².